The van der Waals surface area contributed by atoms with Gasteiger partial charge in [-0.1, -0.05) is 0 Å². The molecule has 0 saturated heterocycles. The molecule has 0 bridgehead atoms. The molecule has 1 rings (SSSR count). The van der Waals surface area contributed by atoms with E-state index in [1.165, 1.54) is 0 Å². The van der Waals surface area contributed by atoms with Crippen molar-refractivity contribution in [2.45, 2.75) is 6.42 Å². The molecule has 0 atom stereocenters. The SMILES string of the molecule is CF.NCCOCCOCCOCCOCCOCCOCCOCCOCCC(=O)Oc1ccc(F)cc1F. The normalized spacial score (nSPS) is 10.8. The first kappa shape index (κ1) is 38.1. The topological polar surface area (TPSA) is 126 Å². The van der Waals surface area contributed by atoms with E-state index in [0.29, 0.717) is 112 Å². The van der Waals surface area contributed by atoms with Crippen molar-refractivity contribution in [3.63, 3.8) is 0 Å². The van der Waals surface area contributed by atoms with Crippen molar-refractivity contribution < 1.29 is 60.6 Å². The number of esters is 1. The molecule has 0 aliphatic rings. The lowest BCUT2D eigenvalue weighted by Crippen LogP contribution is -2.16. The van der Waals surface area contributed by atoms with E-state index < -0.39 is 17.6 Å². The highest BCUT2D eigenvalue weighted by Crippen LogP contribution is 2.18. The lowest BCUT2D eigenvalue weighted by atomic mass is 10.3. The number of alkyl halides is 1. The van der Waals surface area contributed by atoms with Gasteiger partial charge in [-0.05, 0) is 12.1 Å². The van der Waals surface area contributed by atoms with Crippen LogP contribution in [0.25, 0.3) is 0 Å². The summed E-state index contributed by atoms with van der Waals surface area (Å²) in [6.45, 7) is 7.46. The standard InChI is InChI=1S/C25H41F2NO10.CH3F/c26-22-1-2-24(23(27)21-22)38-25(29)3-5-30-7-9-32-11-13-34-15-17-36-19-20-37-18-16-35-14-12-33-10-8-31-6-4-28;1-2/h1-2,21H,3-20,28H2;1H3. The van der Waals surface area contributed by atoms with Crippen LogP contribution in [0.4, 0.5) is 13.2 Å². The van der Waals surface area contributed by atoms with E-state index in [1.54, 1.807) is 0 Å². The maximum Gasteiger partial charge on any atom is 0.313 e. The predicted octanol–water partition coefficient (Wildman–Crippen LogP) is 1.94. The van der Waals surface area contributed by atoms with Gasteiger partial charge in [-0.2, -0.15) is 0 Å². The molecule has 0 aliphatic carbocycles. The summed E-state index contributed by atoms with van der Waals surface area (Å²) in [6.07, 6.45) is -0.0682. The zero-order chi connectivity index (χ0) is 29.5. The monoisotopic (exact) mass is 587 g/mol. The van der Waals surface area contributed by atoms with Crippen molar-refractivity contribution >= 4 is 5.97 Å². The zero-order valence-corrected chi connectivity index (χ0v) is 23.3. The largest absolute Gasteiger partial charge is 0.423 e. The van der Waals surface area contributed by atoms with E-state index in [9.17, 15) is 18.0 Å². The molecule has 0 unspecified atom stereocenters. The van der Waals surface area contributed by atoms with Gasteiger partial charge in [-0.15, -0.1) is 0 Å². The second-order valence-electron chi connectivity index (χ2n) is 7.49. The summed E-state index contributed by atoms with van der Waals surface area (Å²) in [5, 5.41) is 0. The molecule has 2 N–H and O–H groups in total. The molecule has 1 aromatic rings. The van der Waals surface area contributed by atoms with Gasteiger partial charge in [-0.3, -0.25) is 9.18 Å². The Kier molecular flexibility index (Phi) is 28.7. The number of benzene rings is 1. The summed E-state index contributed by atoms with van der Waals surface area (Å²) in [4.78, 5) is 11.6. The van der Waals surface area contributed by atoms with Crippen molar-refractivity contribution in [1.29, 1.82) is 0 Å². The molecular weight excluding hydrogens is 543 g/mol. The molecule has 0 aliphatic heterocycles. The predicted molar refractivity (Wildman–Crippen MR) is 139 cm³/mol. The minimum atomic E-state index is -0.938. The van der Waals surface area contributed by atoms with Crippen LogP contribution in [0.15, 0.2) is 18.2 Å². The smallest absolute Gasteiger partial charge is 0.313 e. The van der Waals surface area contributed by atoms with Crippen molar-refractivity contribution in [2.24, 2.45) is 5.73 Å². The minimum Gasteiger partial charge on any atom is -0.423 e. The number of nitrogens with two attached hydrogens (primary N) is 1. The Morgan fingerprint density at radius 3 is 1.30 bits per heavy atom. The van der Waals surface area contributed by atoms with Gasteiger partial charge in [0.25, 0.3) is 0 Å². The fourth-order valence-corrected chi connectivity index (χ4v) is 2.61. The Morgan fingerprint density at radius 1 is 0.600 bits per heavy atom. The van der Waals surface area contributed by atoms with E-state index in [-0.39, 0.29) is 25.4 Å². The molecular formula is C26H44F3NO10. The number of rotatable bonds is 27. The van der Waals surface area contributed by atoms with Gasteiger partial charge in [0.2, 0.25) is 0 Å². The first-order chi connectivity index (χ1) is 19.6. The summed E-state index contributed by atoms with van der Waals surface area (Å²) in [6, 6.07) is 2.71. The average Bonchev–Trinajstić information content (AvgIpc) is 2.95. The number of halogens is 3. The summed E-state index contributed by atoms with van der Waals surface area (Å²) < 4.78 is 83.3. The Balaban J connectivity index is 0.00000742. The van der Waals surface area contributed by atoms with Crippen LogP contribution in [0.5, 0.6) is 5.75 Å². The summed E-state index contributed by atoms with van der Waals surface area (Å²) >= 11 is 0. The Morgan fingerprint density at radius 2 is 0.950 bits per heavy atom. The summed E-state index contributed by atoms with van der Waals surface area (Å²) in [7, 11) is 0.500. The number of ether oxygens (including phenoxy) is 9. The van der Waals surface area contributed by atoms with Gasteiger partial charge in [-0.25, -0.2) is 8.78 Å². The van der Waals surface area contributed by atoms with Crippen LogP contribution in [0.2, 0.25) is 0 Å². The fourth-order valence-electron chi connectivity index (χ4n) is 2.61. The van der Waals surface area contributed by atoms with Gasteiger partial charge in [0.1, 0.15) is 5.82 Å². The van der Waals surface area contributed by atoms with E-state index in [2.05, 4.69) is 0 Å². The van der Waals surface area contributed by atoms with Gasteiger partial charge in [0.05, 0.1) is 119 Å². The van der Waals surface area contributed by atoms with Crippen molar-refractivity contribution in [1.82, 2.24) is 0 Å². The number of carbonyl (C=O) groups is 1. The Hall–Kier alpha value is -1.88. The molecule has 0 aromatic heterocycles. The van der Waals surface area contributed by atoms with Gasteiger partial charge < -0.3 is 48.4 Å². The van der Waals surface area contributed by atoms with Crippen LogP contribution in [0.1, 0.15) is 6.42 Å². The van der Waals surface area contributed by atoms with Crippen LogP contribution in [0, 0.1) is 11.6 Å². The van der Waals surface area contributed by atoms with Crippen molar-refractivity contribution in [2.75, 3.05) is 119 Å². The van der Waals surface area contributed by atoms with Crippen LogP contribution in [0.3, 0.4) is 0 Å². The molecule has 1 aromatic carbocycles. The van der Waals surface area contributed by atoms with Crippen molar-refractivity contribution in [3.05, 3.63) is 29.8 Å². The van der Waals surface area contributed by atoms with Crippen LogP contribution >= 0.6 is 0 Å². The van der Waals surface area contributed by atoms with Crippen molar-refractivity contribution in [3.8, 4) is 5.75 Å². The van der Waals surface area contributed by atoms with Crippen LogP contribution in [-0.4, -0.2) is 125 Å². The highest BCUT2D eigenvalue weighted by Gasteiger charge is 2.10. The molecule has 0 spiro atoms. The lowest BCUT2D eigenvalue weighted by molar-refractivity contribution is -0.135. The molecule has 234 valence electrons. The van der Waals surface area contributed by atoms with Gasteiger partial charge in [0, 0.05) is 12.6 Å². The number of hydrogen-bond donors (Lipinski definition) is 1. The third-order valence-electron chi connectivity index (χ3n) is 4.43. The third-order valence-corrected chi connectivity index (χ3v) is 4.43. The maximum atomic E-state index is 13.4. The van der Waals surface area contributed by atoms with E-state index >= 15 is 0 Å². The molecule has 40 heavy (non-hydrogen) atoms. The molecule has 0 saturated carbocycles. The molecule has 11 nitrogen and oxygen atoms in total. The van der Waals surface area contributed by atoms with E-state index in [0.717, 1.165) is 12.1 Å². The molecule has 0 heterocycles. The minimum absolute atomic E-state index is 0.0682. The molecule has 0 fully saturated rings. The zero-order valence-electron chi connectivity index (χ0n) is 23.3. The Labute approximate surface area is 234 Å². The van der Waals surface area contributed by atoms with Gasteiger partial charge in [0.15, 0.2) is 11.6 Å². The highest BCUT2D eigenvalue weighted by atomic mass is 19.1. The fraction of sp³-hybridized carbons (Fsp3) is 0.731. The quantitative estimate of drug-likeness (QED) is 0.0922. The molecule has 14 heteroatoms. The summed E-state index contributed by atoms with van der Waals surface area (Å²) in [5.41, 5.74) is 5.31. The first-order valence-corrected chi connectivity index (χ1v) is 13.0. The number of carbonyl (C=O) groups excluding carboxylic acids is 1. The average molecular weight is 588 g/mol. The maximum absolute atomic E-state index is 13.4. The van der Waals surface area contributed by atoms with E-state index in [4.69, 9.17) is 48.4 Å². The third kappa shape index (κ3) is 25.1. The Bertz CT molecular complexity index is 707. The molecule has 0 amide bonds. The second kappa shape index (κ2) is 30.1. The van der Waals surface area contributed by atoms with E-state index in [1.807, 2.05) is 0 Å². The number of hydrogen-bond acceptors (Lipinski definition) is 11. The lowest BCUT2D eigenvalue weighted by Gasteiger charge is -2.09. The first-order valence-electron chi connectivity index (χ1n) is 13.0. The molecule has 0 radical (unpaired) electrons. The van der Waals surface area contributed by atoms with Crippen LogP contribution in [-0.2, 0) is 42.7 Å². The second-order valence-corrected chi connectivity index (χ2v) is 7.49. The summed E-state index contributed by atoms with van der Waals surface area (Å²) in [5.74, 6) is -2.68. The highest BCUT2D eigenvalue weighted by molar-refractivity contribution is 5.72. The van der Waals surface area contributed by atoms with Crippen LogP contribution < -0.4 is 10.5 Å². The van der Waals surface area contributed by atoms with Gasteiger partial charge >= 0.3 is 5.97 Å².